The third kappa shape index (κ3) is 2.47. The fourth-order valence-electron chi connectivity index (χ4n) is 2.02. The molecule has 9 heteroatoms. The molecule has 0 aliphatic heterocycles. The zero-order valence-electron chi connectivity index (χ0n) is 11.6. The summed E-state index contributed by atoms with van der Waals surface area (Å²) >= 11 is 4.94. The van der Waals surface area contributed by atoms with E-state index >= 15 is 0 Å². The molecule has 118 valence electrons. The molecule has 1 heterocycles. The molecule has 3 N–H and O–H groups in total. The van der Waals surface area contributed by atoms with Crippen LogP contribution in [0.25, 0.3) is 5.69 Å². The third-order valence-corrected chi connectivity index (χ3v) is 3.70. The van der Waals surface area contributed by atoms with Crippen LogP contribution < -0.4 is 11.3 Å². The van der Waals surface area contributed by atoms with Crippen LogP contribution in [0, 0.1) is 11.7 Å². The van der Waals surface area contributed by atoms with Gasteiger partial charge in [0, 0.05) is 13.1 Å². The van der Waals surface area contributed by atoms with Gasteiger partial charge in [0.1, 0.15) is 11.4 Å². The first-order chi connectivity index (χ1) is 10.1. The van der Waals surface area contributed by atoms with Gasteiger partial charge in [-0.25, -0.2) is 0 Å². The minimum Gasteiger partial charge on any atom is -0.505 e. The number of aryl methyl sites for hydroxylation is 1. The maximum atomic E-state index is 12.9. The number of phenols is 1. The van der Waals surface area contributed by atoms with Crippen LogP contribution in [-0.2, 0) is 13.2 Å². The normalized spacial score (nSPS) is 11.7. The number of hydrogen-bond donors (Lipinski definition) is 2. The van der Waals surface area contributed by atoms with E-state index in [2.05, 4.69) is 0 Å². The first kappa shape index (κ1) is 16.1. The highest BCUT2D eigenvalue weighted by Gasteiger charge is 2.34. The summed E-state index contributed by atoms with van der Waals surface area (Å²) in [6.07, 6.45) is -4.71. The molecule has 0 radical (unpaired) electrons. The van der Waals surface area contributed by atoms with Gasteiger partial charge in [-0.15, -0.1) is 0 Å². The summed E-state index contributed by atoms with van der Waals surface area (Å²) in [6.45, 7) is 1.60. The Morgan fingerprint density at radius 2 is 1.91 bits per heavy atom. The van der Waals surface area contributed by atoms with Crippen molar-refractivity contribution in [2.24, 2.45) is 7.05 Å². The Morgan fingerprint density at radius 1 is 1.32 bits per heavy atom. The fourth-order valence-corrected chi connectivity index (χ4v) is 2.31. The van der Waals surface area contributed by atoms with Crippen molar-refractivity contribution < 1.29 is 18.3 Å². The molecule has 0 atom stereocenters. The van der Waals surface area contributed by atoms with E-state index in [4.69, 9.17) is 18.0 Å². The summed E-state index contributed by atoms with van der Waals surface area (Å²) in [4.78, 5) is 12.1. The lowest BCUT2D eigenvalue weighted by Crippen LogP contribution is -2.28. The molecule has 0 aliphatic carbocycles. The minimum absolute atomic E-state index is 0.0300. The summed E-state index contributed by atoms with van der Waals surface area (Å²) in [5.74, 6) is -0.249. The molecule has 0 bridgehead atoms. The topological polar surface area (TPSA) is 73.2 Å². The second kappa shape index (κ2) is 5.16. The van der Waals surface area contributed by atoms with Crippen molar-refractivity contribution in [2.45, 2.75) is 13.1 Å². The van der Waals surface area contributed by atoms with Crippen molar-refractivity contribution in [3.8, 4) is 11.4 Å². The number of nitrogens with zero attached hydrogens (tertiary/aromatic N) is 2. The first-order valence-electron chi connectivity index (χ1n) is 6.04. The Morgan fingerprint density at radius 3 is 2.45 bits per heavy atom. The van der Waals surface area contributed by atoms with Gasteiger partial charge >= 0.3 is 6.18 Å². The maximum absolute atomic E-state index is 12.9. The van der Waals surface area contributed by atoms with Crippen LogP contribution in [0.15, 0.2) is 23.0 Å². The van der Waals surface area contributed by atoms with Gasteiger partial charge in [0.25, 0.3) is 5.56 Å². The highest BCUT2D eigenvalue weighted by molar-refractivity contribution is 7.71. The Bertz CT molecular complexity index is 869. The molecule has 0 saturated heterocycles. The zero-order valence-corrected chi connectivity index (χ0v) is 12.4. The summed E-state index contributed by atoms with van der Waals surface area (Å²) in [6, 6.07) is 3.33. The van der Waals surface area contributed by atoms with Crippen molar-refractivity contribution in [1.82, 2.24) is 9.13 Å². The smallest absolute Gasteiger partial charge is 0.431 e. The molecule has 5 nitrogen and oxygen atoms in total. The Balaban J connectivity index is 2.86. The number of phenolic OH excluding ortho intramolecular Hbond substituents is 1. The SMILES string of the molecule is Cc1ccc(-n2c(=O)cc(C(F)(F)F)n(C)c2=S)c(N)c1O. The highest BCUT2D eigenvalue weighted by Crippen LogP contribution is 2.31. The second-order valence-corrected chi connectivity index (χ2v) is 5.07. The molecule has 22 heavy (non-hydrogen) atoms. The summed E-state index contributed by atoms with van der Waals surface area (Å²) in [7, 11) is 1.10. The van der Waals surface area contributed by atoms with Gasteiger partial charge in [0.05, 0.1) is 11.4 Å². The highest BCUT2D eigenvalue weighted by atomic mass is 32.1. The van der Waals surface area contributed by atoms with Crippen molar-refractivity contribution in [3.05, 3.63) is 44.6 Å². The van der Waals surface area contributed by atoms with Gasteiger partial charge < -0.3 is 15.4 Å². The number of benzene rings is 1. The van der Waals surface area contributed by atoms with Crippen LogP contribution >= 0.6 is 12.2 Å². The third-order valence-electron chi connectivity index (χ3n) is 3.25. The largest absolute Gasteiger partial charge is 0.505 e. The lowest BCUT2D eigenvalue weighted by molar-refractivity contribution is -0.143. The molecular formula is C13H12F3N3O2S. The molecule has 0 saturated carbocycles. The van der Waals surface area contributed by atoms with Crippen LogP contribution in [0.1, 0.15) is 11.3 Å². The fraction of sp³-hybridized carbons (Fsp3) is 0.231. The standard InChI is InChI=1S/C13H12F3N3O2S/c1-6-3-4-7(10(17)11(6)21)19-9(20)5-8(13(14,15)16)18(2)12(19)22/h3-5,21H,17H2,1-2H3. The molecular weight excluding hydrogens is 319 g/mol. The molecule has 0 spiro atoms. The predicted octanol–water partition coefficient (Wildman–Crippen LogP) is 2.52. The quantitative estimate of drug-likeness (QED) is 0.478. The minimum atomic E-state index is -4.71. The molecule has 1 aromatic heterocycles. The van der Waals surface area contributed by atoms with Crippen molar-refractivity contribution in [3.63, 3.8) is 0 Å². The lowest BCUT2D eigenvalue weighted by Gasteiger charge is -2.17. The summed E-state index contributed by atoms with van der Waals surface area (Å²) in [5, 5.41) is 9.82. The zero-order chi connectivity index (χ0) is 16.8. The molecule has 0 amide bonds. The molecule has 2 rings (SSSR count). The van der Waals surface area contributed by atoms with E-state index < -0.39 is 17.4 Å². The summed E-state index contributed by atoms with van der Waals surface area (Å²) < 4.78 is 39.7. The number of alkyl halides is 3. The van der Waals surface area contributed by atoms with Crippen LogP contribution in [0.2, 0.25) is 0 Å². The average Bonchev–Trinajstić information content (AvgIpc) is 2.41. The second-order valence-electron chi connectivity index (χ2n) is 4.71. The Hall–Kier alpha value is -2.29. The van der Waals surface area contributed by atoms with E-state index in [1.165, 1.54) is 12.1 Å². The van der Waals surface area contributed by atoms with Crippen LogP contribution in [-0.4, -0.2) is 14.2 Å². The van der Waals surface area contributed by atoms with Crippen LogP contribution in [0.4, 0.5) is 18.9 Å². The van der Waals surface area contributed by atoms with Crippen LogP contribution in [0.3, 0.4) is 0 Å². The summed E-state index contributed by atoms with van der Waals surface area (Å²) in [5.41, 5.74) is 3.97. The van der Waals surface area contributed by atoms with Gasteiger partial charge in [-0.1, -0.05) is 6.07 Å². The van der Waals surface area contributed by atoms with Crippen molar-refractivity contribution in [2.75, 3.05) is 5.73 Å². The van der Waals surface area contributed by atoms with Crippen LogP contribution in [0.5, 0.6) is 5.75 Å². The number of aromatic nitrogens is 2. The van der Waals surface area contributed by atoms with E-state index in [-0.39, 0.29) is 21.9 Å². The average molecular weight is 331 g/mol. The van der Waals surface area contributed by atoms with E-state index in [1.54, 1.807) is 6.92 Å². The van der Waals surface area contributed by atoms with E-state index in [0.29, 0.717) is 16.2 Å². The number of anilines is 1. The molecule has 0 aliphatic rings. The van der Waals surface area contributed by atoms with E-state index in [1.807, 2.05) is 0 Å². The number of nitrogen functional groups attached to an aromatic ring is 1. The molecule has 0 fully saturated rings. The molecule has 2 aromatic rings. The monoisotopic (exact) mass is 331 g/mol. The van der Waals surface area contributed by atoms with Gasteiger partial charge in [0.2, 0.25) is 0 Å². The number of aromatic hydroxyl groups is 1. The van der Waals surface area contributed by atoms with E-state index in [9.17, 15) is 23.1 Å². The first-order valence-corrected chi connectivity index (χ1v) is 6.45. The van der Waals surface area contributed by atoms with Crippen molar-refractivity contribution >= 4 is 17.9 Å². The maximum Gasteiger partial charge on any atom is 0.431 e. The van der Waals surface area contributed by atoms with Gasteiger partial charge in [-0.3, -0.25) is 9.36 Å². The number of hydrogen-bond acceptors (Lipinski definition) is 4. The van der Waals surface area contributed by atoms with Gasteiger partial charge in [0.15, 0.2) is 4.77 Å². The van der Waals surface area contributed by atoms with E-state index in [0.717, 1.165) is 11.6 Å². The van der Waals surface area contributed by atoms with Gasteiger partial charge in [-0.05, 0) is 30.8 Å². The Labute approximate surface area is 128 Å². The number of rotatable bonds is 1. The van der Waals surface area contributed by atoms with Gasteiger partial charge in [-0.2, -0.15) is 13.2 Å². The predicted molar refractivity (Wildman–Crippen MR) is 77.7 cm³/mol. The lowest BCUT2D eigenvalue weighted by atomic mass is 10.1. The Kier molecular flexibility index (Phi) is 3.78. The number of nitrogens with two attached hydrogens (primary N) is 1. The molecule has 1 aromatic carbocycles. The number of halogens is 3. The molecule has 0 unspecified atom stereocenters. The van der Waals surface area contributed by atoms with Crippen molar-refractivity contribution in [1.29, 1.82) is 0 Å².